The van der Waals surface area contributed by atoms with E-state index in [0.29, 0.717) is 12.8 Å². The summed E-state index contributed by atoms with van der Waals surface area (Å²) in [5.74, 6) is 1.02. The van der Waals surface area contributed by atoms with Gasteiger partial charge >= 0.3 is 0 Å². The summed E-state index contributed by atoms with van der Waals surface area (Å²) in [4.78, 5) is 19.0. The van der Waals surface area contributed by atoms with E-state index in [-0.39, 0.29) is 5.91 Å². The summed E-state index contributed by atoms with van der Waals surface area (Å²) in [7, 11) is 0. The van der Waals surface area contributed by atoms with E-state index in [1.54, 1.807) is 0 Å². The molecule has 2 heterocycles. The van der Waals surface area contributed by atoms with Crippen LogP contribution in [0.15, 0.2) is 42.6 Å². The van der Waals surface area contributed by atoms with Crippen molar-refractivity contribution in [3.05, 3.63) is 53.7 Å². The van der Waals surface area contributed by atoms with Crippen molar-refractivity contribution in [2.75, 3.05) is 36.5 Å². The van der Waals surface area contributed by atoms with Crippen LogP contribution in [-0.2, 0) is 22.4 Å². The molecule has 3 rings (SSSR count). The predicted octanol–water partition coefficient (Wildman–Crippen LogP) is 3.05. The second-order valence-electron chi connectivity index (χ2n) is 6.18. The molecule has 25 heavy (non-hydrogen) atoms. The van der Waals surface area contributed by atoms with Crippen molar-refractivity contribution in [2.45, 2.75) is 26.2 Å². The molecule has 1 aromatic carbocycles. The highest BCUT2D eigenvalue weighted by molar-refractivity contribution is 5.91. The smallest absolute Gasteiger partial charge is 0.224 e. The van der Waals surface area contributed by atoms with Crippen LogP contribution in [0.25, 0.3) is 0 Å². The Kier molecular flexibility index (Phi) is 6.01. The van der Waals surface area contributed by atoms with Gasteiger partial charge in [-0.2, -0.15) is 0 Å². The van der Waals surface area contributed by atoms with Crippen molar-refractivity contribution in [3.8, 4) is 0 Å². The normalized spacial score (nSPS) is 14.4. The average molecular weight is 339 g/mol. The lowest BCUT2D eigenvalue weighted by Crippen LogP contribution is -2.36. The number of carbonyl (C=O) groups is 1. The summed E-state index contributed by atoms with van der Waals surface area (Å²) in [5, 5.41) is 3.03. The number of carbonyl (C=O) groups excluding carboxylic acids is 1. The third-order valence-corrected chi connectivity index (χ3v) is 4.46. The molecule has 0 atom stereocenters. The van der Waals surface area contributed by atoms with Gasteiger partial charge in [-0.25, -0.2) is 4.98 Å². The molecule has 0 bridgehead atoms. The fourth-order valence-corrected chi connectivity index (χ4v) is 3.00. The molecule has 1 amide bonds. The van der Waals surface area contributed by atoms with Gasteiger partial charge in [0.1, 0.15) is 5.82 Å². The topological polar surface area (TPSA) is 54.5 Å². The molecule has 0 spiro atoms. The van der Waals surface area contributed by atoms with Crippen LogP contribution >= 0.6 is 0 Å². The molecule has 1 N–H and O–H groups in total. The molecule has 2 aromatic rings. The maximum atomic E-state index is 12.3. The van der Waals surface area contributed by atoms with Crippen molar-refractivity contribution < 1.29 is 9.53 Å². The monoisotopic (exact) mass is 339 g/mol. The van der Waals surface area contributed by atoms with E-state index >= 15 is 0 Å². The van der Waals surface area contributed by atoms with Crippen molar-refractivity contribution in [3.63, 3.8) is 0 Å². The number of amides is 1. The fourth-order valence-electron chi connectivity index (χ4n) is 3.00. The van der Waals surface area contributed by atoms with Crippen molar-refractivity contribution in [2.24, 2.45) is 0 Å². The molecule has 132 valence electrons. The zero-order chi connectivity index (χ0) is 17.5. The third kappa shape index (κ3) is 4.79. The van der Waals surface area contributed by atoms with Crippen molar-refractivity contribution >= 4 is 17.4 Å². The summed E-state index contributed by atoms with van der Waals surface area (Å²) >= 11 is 0. The lowest BCUT2D eigenvalue weighted by atomic mass is 10.1. The third-order valence-electron chi connectivity index (χ3n) is 4.46. The largest absolute Gasteiger partial charge is 0.378 e. The van der Waals surface area contributed by atoms with Gasteiger partial charge in [0.25, 0.3) is 0 Å². The maximum absolute atomic E-state index is 12.3. The fraction of sp³-hybridized carbons (Fsp3) is 0.400. The first-order valence-electron chi connectivity index (χ1n) is 8.91. The Morgan fingerprint density at radius 1 is 1.24 bits per heavy atom. The molecule has 0 aliphatic carbocycles. The zero-order valence-electron chi connectivity index (χ0n) is 14.7. The molecule has 1 aliphatic heterocycles. The van der Waals surface area contributed by atoms with E-state index in [2.05, 4.69) is 28.2 Å². The Hall–Kier alpha value is -2.40. The first-order valence-corrected chi connectivity index (χ1v) is 8.91. The van der Waals surface area contributed by atoms with Crippen LogP contribution in [-0.4, -0.2) is 37.2 Å². The summed E-state index contributed by atoms with van der Waals surface area (Å²) in [5.41, 5.74) is 3.21. The molecular formula is C20H25N3O2. The SMILES string of the molecule is CCc1ccccc1NC(=O)CCc1ccnc(N2CCOCC2)c1. The minimum Gasteiger partial charge on any atom is -0.378 e. The number of aromatic nitrogens is 1. The second-order valence-corrected chi connectivity index (χ2v) is 6.18. The summed E-state index contributed by atoms with van der Waals surface area (Å²) < 4.78 is 5.38. The van der Waals surface area contributed by atoms with Crippen LogP contribution < -0.4 is 10.2 Å². The number of para-hydroxylation sites is 1. The molecule has 1 aliphatic rings. The molecule has 1 fully saturated rings. The van der Waals surface area contributed by atoms with E-state index in [4.69, 9.17) is 4.74 Å². The van der Waals surface area contributed by atoms with Crippen LogP contribution in [0.5, 0.6) is 0 Å². The highest BCUT2D eigenvalue weighted by Crippen LogP contribution is 2.17. The number of pyridine rings is 1. The van der Waals surface area contributed by atoms with Crippen LogP contribution in [0.4, 0.5) is 11.5 Å². The maximum Gasteiger partial charge on any atom is 0.224 e. The Morgan fingerprint density at radius 3 is 2.84 bits per heavy atom. The summed E-state index contributed by atoms with van der Waals surface area (Å²) in [6, 6.07) is 12.0. The van der Waals surface area contributed by atoms with Gasteiger partial charge in [0.05, 0.1) is 13.2 Å². The lowest BCUT2D eigenvalue weighted by molar-refractivity contribution is -0.116. The Balaban J connectivity index is 1.57. The van der Waals surface area contributed by atoms with Gasteiger partial charge in [-0.1, -0.05) is 25.1 Å². The van der Waals surface area contributed by atoms with Gasteiger partial charge in [0.15, 0.2) is 0 Å². The van der Waals surface area contributed by atoms with Gasteiger partial charge in [-0.05, 0) is 42.2 Å². The molecule has 0 radical (unpaired) electrons. The molecule has 0 unspecified atom stereocenters. The Labute approximate surface area is 149 Å². The van der Waals surface area contributed by atoms with E-state index in [0.717, 1.165) is 55.4 Å². The van der Waals surface area contributed by atoms with E-state index in [1.807, 2.05) is 36.5 Å². The quantitative estimate of drug-likeness (QED) is 0.879. The van der Waals surface area contributed by atoms with Crippen LogP contribution in [0.2, 0.25) is 0 Å². The number of morpholine rings is 1. The van der Waals surface area contributed by atoms with Gasteiger partial charge in [0, 0.05) is 31.4 Å². The number of nitrogens with one attached hydrogen (secondary N) is 1. The number of hydrogen-bond acceptors (Lipinski definition) is 4. The van der Waals surface area contributed by atoms with Crippen molar-refractivity contribution in [1.29, 1.82) is 0 Å². The standard InChI is InChI=1S/C20H25N3O2/c1-2-17-5-3-4-6-18(17)22-20(24)8-7-16-9-10-21-19(15-16)23-11-13-25-14-12-23/h3-6,9-10,15H,2,7-8,11-14H2,1H3,(H,22,24). The molecule has 1 aromatic heterocycles. The zero-order valence-corrected chi connectivity index (χ0v) is 14.7. The first-order chi connectivity index (χ1) is 12.3. The first kappa shape index (κ1) is 17.4. The Morgan fingerprint density at radius 2 is 2.04 bits per heavy atom. The highest BCUT2D eigenvalue weighted by atomic mass is 16.5. The van der Waals surface area contributed by atoms with Crippen LogP contribution in [0.3, 0.4) is 0 Å². The highest BCUT2D eigenvalue weighted by Gasteiger charge is 2.13. The van der Waals surface area contributed by atoms with E-state index in [1.165, 1.54) is 0 Å². The number of anilines is 2. The van der Waals surface area contributed by atoms with E-state index in [9.17, 15) is 4.79 Å². The van der Waals surface area contributed by atoms with Gasteiger partial charge in [-0.3, -0.25) is 4.79 Å². The molecular weight excluding hydrogens is 314 g/mol. The Bertz CT molecular complexity index is 712. The molecule has 5 heteroatoms. The number of hydrogen-bond donors (Lipinski definition) is 1. The van der Waals surface area contributed by atoms with E-state index < -0.39 is 0 Å². The average Bonchev–Trinajstić information content (AvgIpc) is 2.68. The number of benzene rings is 1. The number of ether oxygens (including phenoxy) is 1. The van der Waals surface area contributed by atoms with Crippen LogP contribution in [0.1, 0.15) is 24.5 Å². The number of nitrogens with zero attached hydrogens (tertiary/aromatic N) is 2. The number of rotatable bonds is 6. The van der Waals surface area contributed by atoms with Gasteiger partial charge in [-0.15, -0.1) is 0 Å². The van der Waals surface area contributed by atoms with Crippen molar-refractivity contribution in [1.82, 2.24) is 4.98 Å². The van der Waals surface area contributed by atoms with Crippen LogP contribution in [0, 0.1) is 0 Å². The minimum atomic E-state index is 0.0469. The lowest BCUT2D eigenvalue weighted by Gasteiger charge is -2.28. The molecule has 0 saturated carbocycles. The van der Waals surface area contributed by atoms with Gasteiger partial charge in [0.2, 0.25) is 5.91 Å². The summed E-state index contributed by atoms with van der Waals surface area (Å²) in [6.45, 7) is 5.31. The predicted molar refractivity (Wildman–Crippen MR) is 100 cm³/mol. The minimum absolute atomic E-state index is 0.0469. The second kappa shape index (κ2) is 8.62. The molecule has 5 nitrogen and oxygen atoms in total. The number of aryl methyl sites for hydroxylation is 2. The van der Waals surface area contributed by atoms with Gasteiger partial charge < -0.3 is 15.0 Å². The summed E-state index contributed by atoms with van der Waals surface area (Å²) in [6.07, 6.45) is 3.90. The molecule has 1 saturated heterocycles.